The molecule has 0 spiro atoms. The fourth-order valence-electron chi connectivity index (χ4n) is 4.27. The molecule has 164 valence electrons. The molecule has 0 unspecified atom stereocenters. The summed E-state index contributed by atoms with van der Waals surface area (Å²) in [5.41, 5.74) is 4.42. The van der Waals surface area contributed by atoms with Crippen molar-refractivity contribution in [3.63, 3.8) is 0 Å². The maximum atomic E-state index is 13.5. The summed E-state index contributed by atoms with van der Waals surface area (Å²) in [5, 5.41) is 0. The lowest BCUT2D eigenvalue weighted by Gasteiger charge is -2.26. The van der Waals surface area contributed by atoms with Gasteiger partial charge in [0.05, 0.1) is 5.92 Å². The molecule has 0 bridgehead atoms. The standard InChI is InChI=1S/C28H30N2O2/c1-2-22-13-15-26(16-14-22)30-21-25(19-27(30)31)28(32)29(20-24-11-7-4-8-12-24)18-17-23-9-5-3-6-10-23/h3-16,25H,2,17-21H2,1H3/t25-/m0/s1. The molecule has 0 N–H and O–H groups in total. The van der Waals surface area contributed by atoms with E-state index in [2.05, 4.69) is 31.2 Å². The Kier molecular flexibility index (Phi) is 7.00. The molecule has 1 aliphatic heterocycles. The van der Waals surface area contributed by atoms with Crippen LogP contribution in [0.25, 0.3) is 0 Å². The number of aryl methyl sites for hydroxylation is 1. The van der Waals surface area contributed by atoms with Crippen molar-refractivity contribution >= 4 is 17.5 Å². The van der Waals surface area contributed by atoms with E-state index in [-0.39, 0.29) is 24.2 Å². The van der Waals surface area contributed by atoms with Gasteiger partial charge in [-0.2, -0.15) is 0 Å². The number of hydrogen-bond acceptors (Lipinski definition) is 2. The van der Waals surface area contributed by atoms with Crippen molar-refractivity contribution in [2.75, 3.05) is 18.0 Å². The van der Waals surface area contributed by atoms with Gasteiger partial charge in [-0.05, 0) is 41.7 Å². The van der Waals surface area contributed by atoms with Gasteiger partial charge in [0.2, 0.25) is 11.8 Å². The summed E-state index contributed by atoms with van der Waals surface area (Å²) in [5.74, 6) is -0.228. The van der Waals surface area contributed by atoms with Gasteiger partial charge in [0, 0.05) is 31.7 Å². The molecule has 1 fully saturated rings. The molecule has 4 nitrogen and oxygen atoms in total. The molecule has 1 saturated heterocycles. The molecular weight excluding hydrogens is 396 g/mol. The van der Waals surface area contributed by atoms with E-state index in [4.69, 9.17) is 0 Å². The Hall–Kier alpha value is -3.40. The zero-order valence-corrected chi connectivity index (χ0v) is 18.6. The van der Waals surface area contributed by atoms with Crippen molar-refractivity contribution in [3.05, 3.63) is 102 Å². The van der Waals surface area contributed by atoms with E-state index in [0.717, 1.165) is 24.1 Å². The number of carbonyl (C=O) groups excluding carboxylic acids is 2. The molecule has 4 heteroatoms. The first-order valence-corrected chi connectivity index (χ1v) is 11.4. The fourth-order valence-corrected chi connectivity index (χ4v) is 4.27. The molecule has 2 amide bonds. The summed E-state index contributed by atoms with van der Waals surface area (Å²) in [6.07, 6.45) is 2.03. The van der Waals surface area contributed by atoms with Crippen LogP contribution in [0.15, 0.2) is 84.9 Å². The Morgan fingerprint density at radius 1 is 0.875 bits per heavy atom. The Labute approximate surface area is 190 Å². The molecule has 0 saturated carbocycles. The van der Waals surface area contributed by atoms with Gasteiger partial charge in [0.25, 0.3) is 0 Å². The normalized spacial score (nSPS) is 15.7. The van der Waals surface area contributed by atoms with E-state index < -0.39 is 0 Å². The van der Waals surface area contributed by atoms with Crippen molar-refractivity contribution in [1.82, 2.24) is 4.90 Å². The number of hydrogen-bond donors (Lipinski definition) is 0. The van der Waals surface area contributed by atoms with E-state index >= 15 is 0 Å². The number of rotatable bonds is 8. The summed E-state index contributed by atoms with van der Waals surface area (Å²) in [4.78, 5) is 30.0. The maximum absolute atomic E-state index is 13.5. The van der Waals surface area contributed by atoms with Crippen LogP contribution in [0, 0.1) is 5.92 Å². The molecule has 4 rings (SSSR count). The second-order valence-corrected chi connectivity index (χ2v) is 8.41. The first-order chi connectivity index (χ1) is 15.6. The van der Waals surface area contributed by atoms with Gasteiger partial charge in [-0.15, -0.1) is 0 Å². The van der Waals surface area contributed by atoms with Crippen molar-refractivity contribution in [2.24, 2.45) is 5.92 Å². The van der Waals surface area contributed by atoms with Crippen LogP contribution in [0.5, 0.6) is 0 Å². The Morgan fingerprint density at radius 2 is 1.50 bits per heavy atom. The van der Waals surface area contributed by atoms with Crippen molar-refractivity contribution < 1.29 is 9.59 Å². The second kappa shape index (κ2) is 10.3. The minimum atomic E-state index is -0.312. The van der Waals surface area contributed by atoms with Crippen LogP contribution in [-0.4, -0.2) is 29.8 Å². The van der Waals surface area contributed by atoms with Gasteiger partial charge in [-0.25, -0.2) is 0 Å². The molecular formula is C28H30N2O2. The van der Waals surface area contributed by atoms with E-state index in [0.29, 0.717) is 19.6 Å². The Morgan fingerprint density at radius 3 is 2.12 bits per heavy atom. The second-order valence-electron chi connectivity index (χ2n) is 8.41. The number of benzene rings is 3. The summed E-state index contributed by atoms with van der Waals surface area (Å²) >= 11 is 0. The largest absolute Gasteiger partial charge is 0.338 e. The van der Waals surface area contributed by atoms with Crippen LogP contribution >= 0.6 is 0 Å². The van der Waals surface area contributed by atoms with E-state index in [1.54, 1.807) is 4.90 Å². The lowest BCUT2D eigenvalue weighted by atomic mass is 10.1. The average Bonchev–Trinajstić information content (AvgIpc) is 3.24. The molecule has 3 aromatic rings. The quantitative estimate of drug-likeness (QED) is 0.515. The average molecular weight is 427 g/mol. The minimum absolute atomic E-state index is 0.0234. The Bertz CT molecular complexity index is 1030. The predicted molar refractivity (Wildman–Crippen MR) is 128 cm³/mol. The molecule has 0 aromatic heterocycles. The minimum Gasteiger partial charge on any atom is -0.338 e. The zero-order valence-electron chi connectivity index (χ0n) is 18.6. The van der Waals surface area contributed by atoms with Crippen molar-refractivity contribution in [2.45, 2.75) is 32.7 Å². The van der Waals surface area contributed by atoms with Crippen LogP contribution in [0.2, 0.25) is 0 Å². The summed E-state index contributed by atoms with van der Waals surface area (Å²) < 4.78 is 0. The highest BCUT2D eigenvalue weighted by molar-refractivity contribution is 6.00. The third-order valence-corrected chi connectivity index (χ3v) is 6.17. The fraction of sp³-hybridized carbons (Fsp3) is 0.286. The number of amides is 2. The molecule has 0 aliphatic carbocycles. The van der Waals surface area contributed by atoms with E-state index in [1.165, 1.54) is 11.1 Å². The van der Waals surface area contributed by atoms with Crippen LogP contribution in [-0.2, 0) is 29.0 Å². The van der Waals surface area contributed by atoms with Gasteiger partial charge in [-0.1, -0.05) is 79.7 Å². The van der Waals surface area contributed by atoms with Crippen LogP contribution in [0.1, 0.15) is 30.0 Å². The molecule has 3 aromatic carbocycles. The van der Waals surface area contributed by atoms with Gasteiger partial charge < -0.3 is 9.80 Å². The van der Waals surface area contributed by atoms with E-state index in [9.17, 15) is 9.59 Å². The van der Waals surface area contributed by atoms with Crippen LogP contribution in [0.3, 0.4) is 0 Å². The van der Waals surface area contributed by atoms with Gasteiger partial charge in [-0.3, -0.25) is 9.59 Å². The zero-order chi connectivity index (χ0) is 22.3. The highest BCUT2D eigenvalue weighted by atomic mass is 16.2. The topological polar surface area (TPSA) is 40.6 Å². The van der Waals surface area contributed by atoms with Gasteiger partial charge in [0.15, 0.2) is 0 Å². The molecule has 1 aliphatic rings. The number of carbonyl (C=O) groups is 2. The summed E-state index contributed by atoms with van der Waals surface area (Å²) in [6, 6.07) is 28.4. The monoisotopic (exact) mass is 426 g/mol. The summed E-state index contributed by atoms with van der Waals surface area (Å²) in [6.45, 7) is 3.75. The van der Waals surface area contributed by atoms with Crippen LogP contribution < -0.4 is 4.90 Å². The first-order valence-electron chi connectivity index (χ1n) is 11.4. The van der Waals surface area contributed by atoms with Crippen molar-refractivity contribution in [1.29, 1.82) is 0 Å². The SMILES string of the molecule is CCc1ccc(N2C[C@@H](C(=O)N(CCc3ccccc3)Cc3ccccc3)CC2=O)cc1. The molecule has 32 heavy (non-hydrogen) atoms. The highest BCUT2D eigenvalue weighted by Gasteiger charge is 2.37. The first kappa shape index (κ1) is 21.8. The van der Waals surface area contributed by atoms with Crippen molar-refractivity contribution in [3.8, 4) is 0 Å². The maximum Gasteiger partial charge on any atom is 0.228 e. The molecule has 1 heterocycles. The number of anilines is 1. The lowest BCUT2D eigenvalue weighted by Crippen LogP contribution is -2.38. The molecule has 0 radical (unpaired) electrons. The highest BCUT2D eigenvalue weighted by Crippen LogP contribution is 2.27. The van der Waals surface area contributed by atoms with Gasteiger partial charge in [0.1, 0.15) is 0 Å². The van der Waals surface area contributed by atoms with E-state index in [1.807, 2.05) is 65.6 Å². The summed E-state index contributed by atoms with van der Waals surface area (Å²) in [7, 11) is 0. The third kappa shape index (κ3) is 5.25. The predicted octanol–water partition coefficient (Wildman–Crippen LogP) is 4.87. The third-order valence-electron chi connectivity index (χ3n) is 6.17. The lowest BCUT2D eigenvalue weighted by molar-refractivity contribution is -0.136. The van der Waals surface area contributed by atoms with Crippen LogP contribution in [0.4, 0.5) is 5.69 Å². The Balaban J connectivity index is 1.48. The number of nitrogens with zero attached hydrogens (tertiary/aromatic N) is 2. The molecule has 1 atom stereocenters. The van der Waals surface area contributed by atoms with Gasteiger partial charge >= 0.3 is 0 Å². The smallest absolute Gasteiger partial charge is 0.228 e.